The smallest absolute Gasteiger partial charge is 0.185 e. The molecule has 2 aromatic rings. The molecule has 1 aliphatic heterocycles. The summed E-state index contributed by atoms with van der Waals surface area (Å²) in [7, 11) is 0. The van der Waals surface area contributed by atoms with Gasteiger partial charge in [0.1, 0.15) is 13.2 Å². The van der Waals surface area contributed by atoms with Crippen LogP contribution in [-0.2, 0) is 0 Å². The molecule has 0 amide bonds. The van der Waals surface area contributed by atoms with E-state index >= 15 is 0 Å². The van der Waals surface area contributed by atoms with Crippen LogP contribution in [-0.4, -0.2) is 19.0 Å². The molecular formula is C15H13NO3S. The molecule has 5 heteroatoms. The van der Waals surface area contributed by atoms with E-state index in [2.05, 4.69) is 0 Å². The Hall–Kier alpha value is -2.27. The highest BCUT2D eigenvalue weighted by Crippen LogP contribution is 2.40. The molecule has 0 aliphatic carbocycles. The van der Waals surface area contributed by atoms with E-state index in [-0.39, 0.29) is 5.78 Å². The van der Waals surface area contributed by atoms with Gasteiger partial charge in [-0.15, -0.1) is 11.3 Å². The van der Waals surface area contributed by atoms with Crippen LogP contribution in [0.25, 0.3) is 6.08 Å². The third-order valence-corrected chi connectivity index (χ3v) is 3.82. The number of hydrogen-bond donors (Lipinski definition) is 1. The summed E-state index contributed by atoms with van der Waals surface area (Å²) in [5.41, 5.74) is 6.85. The molecule has 102 valence electrons. The van der Waals surface area contributed by atoms with Crippen LogP contribution in [0.4, 0.5) is 5.69 Å². The van der Waals surface area contributed by atoms with E-state index in [1.54, 1.807) is 30.3 Å². The number of thiophene rings is 1. The number of allylic oxidation sites excluding steroid dienone is 1. The SMILES string of the molecule is Nc1ccc(C(=O)C=Cc2scc3c2OCCO3)cc1. The third-order valence-electron chi connectivity index (χ3n) is 2.91. The van der Waals surface area contributed by atoms with Crippen LogP contribution in [0.2, 0.25) is 0 Å². The van der Waals surface area contributed by atoms with E-state index in [0.717, 1.165) is 16.4 Å². The Morgan fingerprint density at radius 3 is 2.75 bits per heavy atom. The molecule has 3 rings (SSSR count). The summed E-state index contributed by atoms with van der Waals surface area (Å²) < 4.78 is 11.0. The number of ketones is 1. The van der Waals surface area contributed by atoms with Crippen LogP contribution in [0.15, 0.2) is 35.7 Å². The number of ether oxygens (including phenoxy) is 2. The zero-order valence-corrected chi connectivity index (χ0v) is 11.5. The largest absolute Gasteiger partial charge is 0.485 e. The average Bonchev–Trinajstić information content (AvgIpc) is 2.89. The van der Waals surface area contributed by atoms with Crippen molar-refractivity contribution in [1.82, 2.24) is 0 Å². The monoisotopic (exact) mass is 287 g/mol. The molecule has 0 fully saturated rings. The van der Waals surface area contributed by atoms with Gasteiger partial charge < -0.3 is 15.2 Å². The Morgan fingerprint density at radius 2 is 1.95 bits per heavy atom. The summed E-state index contributed by atoms with van der Waals surface area (Å²) in [6, 6.07) is 6.85. The molecule has 0 spiro atoms. The minimum Gasteiger partial charge on any atom is -0.485 e. The van der Waals surface area contributed by atoms with Crippen LogP contribution in [0.1, 0.15) is 15.2 Å². The molecule has 0 saturated carbocycles. The molecular weight excluding hydrogens is 274 g/mol. The minimum atomic E-state index is -0.0659. The first-order valence-electron chi connectivity index (χ1n) is 6.19. The van der Waals surface area contributed by atoms with Gasteiger partial charge in [-0.3, -0.25) is 4.79 Å². The van der Waals surface area contributed by atoms with Gasteiger partial charge in [-0.2, -0.15) is 0 Å². The lowest BCUT2D eigenvalue weighted by Gasteiger charge is -2.15. The van der Waals surface area contributed by atoms with Crippen molar-refractivity contribution in [2.75, 3.05) is 18.9 Å². The van der Waals surface area contributed by atoms with E-state index in [0.29, 0.717) is 24.5 Å². The second kappa shape index (κ2) is 5.38. The summed E-state index contributed by atoms with van der Waals surface area (Å²) in [6.45, 7) is 1.10. The number of nitrogen functional groups attached to an aromatic ring is 1. The van der Waals surface area contributed by atoms with E-state index in [4.69, 9.17) is 15.2 Å². The number of fused-ring (bicyclic) bond motifs is 1. The molecule has 1 aliphatic rings. The maximum absolute atomic E-state index is 12.0. The third kappa shape index (κ3) is 2.53. The molecule has 0 bridgehead atoms. The van der Waals surface area contributed by atoms with Crippen molar-refractivity contribution in [3.05, 3.63) is 46.2 Å². The molecule has 0 saturated heterocycles. The molecule has 1 aromatic heterocycles. The van der Waals surface area contributed by atoms with Crippen molar-refractivity contribution in [2.45, 2.75) is 0 Å². The van der Waals surface area contributed by atoms with Crippen LogP contribution < -0.4 is 15.2 Å². The number of anilines is 1. The fourth-order valence-electron chi connectivity index (χ4n) is 1.89. The Morgan fingerprint density at radius 1 is 1.20 bits per heavy atom. The fraction of sp³-hybridized carbons (Fsp3) is 0.133. The highest BCUT2D eigenvalue weighted by atomic mass is 32.1. The van der Waals surface area contributed by atoms with Gasteiger partial charge in [-0.05, 0) is 36.4 Å². The van der Waals surface area contributed by atoms with E-state index in [1.807, 2.05) is 5.38 Å². The second-order valence-electron chi connectivity index (χ2n) is 4.31. The highest BCUT2D eigenvalue weighted by molar-refractivity contribution is 7.11. The normalized spacial score (nSPS) is 13.6. The number of benzene rings is 1. The molecule has 20 heavy (non-hydrogen) atoms. The predicted molar refractivity (Wildman–Crippen MR) is 79.5 cm³/mol. The Bertz CT molecular complexity index is 658. The summed E-state index contributed by atoms with van der Waals surface area (Å²) in [5.74, 6) is 1.41. The standard InChI is InChI=1S/C15H13NO3S/c16-11-3-1-10(2-4-11)12(17)5-6-14-15-13(9-20-14)18-7-8-19-15/h1-6,9H,7-8,16H2. The summed E-state index contributed by atoms with van der Waals surface area (Å²) in [4.78, 5) is 12.9. The van der Waals surface area contributed by atoms with Crippen molar-refractivity contribution in [3.8, 4) is 11.5 Å². The Kier molecular flexibility index (Phi) is 3.43. The first-order chi connectivity index (χ1) is 9.74. The van der Waals surface area contributed by atoms with Crippen molar-refractivity contribution >= 4 is 28.9 Å². The van der Waals surface area contributed by atoms with Crippen LogP contribution in [0.5, 0.6) is 11.5 Å². The van der Waals surface area contributed by atoms with Crippen LogP contribution in [0.3, 0.4) is 0 Å². The van der Waals surface area contributed by atoms with Crippen molar-refractivity contribution < 1.29 is 14.3 Å². The fourth-order valence-corrected chi connectivity index (χ4v) is 2.71. The minimum absolute atomic E-state index is 0.0659. The zero-order valence-electron chi connectivity index (χ0n) is 10.7. The molecule has 1 aromatic carbocycles. The van der Waals surface area contributed by atoms with Gasteiger partial charge in [-0.25, -0.2) is 0 Å². The molecule has 4 nitrogen and oxygen atoms in total. The topological polar surface area (TPSA) is 61.6 Å². The average molecular weight is 287 g/mol. The van der Waals surface area contributed by atoms with Gasteiger partial charge >= 0.3 is 0 Å². The maximum atomic E-state index is 12.0. The van der Waals surface area contributed by atoms with Gasteiger partial charge in [0, 0.05) is 16.6 Å². The maximum Gasteiger partial charge on any atom is 0.185 e. The highest BCUT2D eigenvalue weighted by Gasteiger charge is 2.16. The van der Waals surface area contributed by atoms with Crippen LogP contribution in [0, 0.1) is 0 Å². The van der Waals surface area contributed by atoms with Crippen molar-refractivity contribution in [2.24, 2.45) is 0 Å². The number of carbonyl (C=O) groups is 1. The molecule has 2 heterocycles. The first-order valence-corrected chi connectivity index (χ1v) is 7.07. The van der Waals surface area contributed by atoms with Crippen molar-refractivity contribution in [3.63, 3.8) is 0 Å². The molecule has 0 radical (unpaired) electrons. The molecule has 0 unspecified atom stereocenters. The Labute approximate surface area is 120 Å². The van der Waals surface area contributed by atoms with E-state index in [9.17, 15) is 4.79 Å². The lowest BCUT2D eigenvalue weighted by Crippen LogP contribution is -2.14. The number of hydrogen-bond acceptors (Lipinski definition) is 5. The van der Waals surface area contributed by atoms with Crippen molar-refractivity contribution in [1.29, 1.82) is 0 Å². The van der Waals surface area contributed by atoms with E-state index < -0.39 is 0 Å². The van der Waals surface area contributed by atoms with Crippen LogP contribution >= 0.6 is 11.3 Å². The van der Waals surface area contributed by atoms with Gasteiger partial charge in [-0.1, -0.05) is 0 Å². The van der Waals surface area contributed by atoms with E-state index in [1.165, 1.54) is 17.4 Å². The summed E-state index contributed by atoms with van der Waals surface area (Å²) >= 11 is 1.50. The van der Waals surface area contributed by atoms with Gasteiger partial charge in [0.25, 0.3) is 0 Å². The lowest BCUT2D eigenvalue weighted by molar-refractivity contribution is 0.104. The Balaban J connectivity index is 1.78. The molecule has 2 N–H and O–H groups in total. The van der Waals surface area contributed by atoms with Gasteiger partial charge in [0.05, 0.1) is 4.88 Å². The number of carbonyl (C=O) groups excluding carboxylic acids is 1. The predicted octanol–water partition coefficient (Wildman–Crippen LogP) is 3.00. The number of nitrogens with two attached hydrogens (primary N) is 1. The quantitative estimate of drug-likeness (QED) is 0.535. The first kappa shape index (κ1) is 12.7. The summed E-state index contributed by atoms with van der Waals surface area (Å²) in [6.07, 6.45) is 3.30. The zero-order chi connectivity index (χ0) is 13.9. The summed E-state index contributed by atoms with van der Waals surface area (Å²) in [5, 5.41) is 1.89. The molecule has 0 atom stereocenters. The second-order valence-corrected chi connectivity index (χ2v) is 5.22. The number of rotatable bonds is 3. The lowest BCUT2D eigenvalue weighted by atomic mass is 10.1. The van der Waals surface area contributed by atoms with Gasteiger partial charge in [0.2, 0.25) is 0 Å². The van der Waals surface area contributed by atoms with Gasteiger partial charge in [0.15, 0.2) is 17.3 Å².